The van der Waals surface area contributed by atoms with Crippen LogP contribution in [0.15, 0.2) is 0 Å². The number of methoxy groups -OCH3 is 1. The second-order valence-electron chi connectivity index (χ2n) is 4.32. The van der Waals surface area contributed by atoms with Crippen LogP contribution in [0, 0.1) is 5.92 Å². The van der Waals surface area contributed by atoms with Crippen LogP contribution >= 0.6 is 0 Å². The van der Waals surface area contributed by atoms with Gasteiger partial charge in [-0.3, -0.25) is 4.79 Å². The first-order valence-electron chi connectivity index (χ1n) is 6.70. The summed E-state index contributed by atoms with van der Waals surface area (Å²) in [5.74, 6) is 0.160. The van der Waals surface area contributed by atoms with E-state index in [1.54, 1.807) is 7.11 Å². The van der Waals surface area contributed by atoms with Crippen molar-refractivity contribution in [2.45, 2.75) is 19.8 Å². The smallest absolute Gasteiger partial charge is 0.305 e. The third kappa shape index (κ3) is 13.5. The van der Waals surface area contributed by atoms with Crippen LogP contribution < -0.4 is 5.73 Å². The molecule has 0 saturated carbocycles. The van der Waals surface area contributed by atoms with Gasteiger partial charge in [0.25, 0.3) is 0 Å². The van der Waals surface area contributed by atoms with Crippen molar-refractivity contribution in [2.24, 2.45) is 11.7 Å². The Morgan fingerprint density at radius 3 is 2.21 bits per heavy atom. The summed E-state index contributed by atoms with van der Waals surface area (Å²) < 4.78 is 20.3. The normalized spacial score (nSPS) is 12.4. The molecule has 2 N–H and O–H groups in total. The van der Waals surface area contributed by atoms with Crippen molar-refractivity contribution in [2.75, 3.05) is 53.3 Å². The molecule has 0 rings (SSSR count). The molecule has 0 aliphatic heterocycles. The number of nitrogens with two attached hydrogens (primary N) is 1. The standard InChI is InChI=1S/C13H27NO5/c1-12(11-14)3-4-13(15)19-10-9-18-8-7-17-6-5-16-2/h12H,3-11,14H2,1-2H3. The van der Waals surface area contributed by atoms with Gasteiger partial charge in [0.05, 0.1) is 33.0 Å². The summed E-state index contributed by atoms with van der Waals surface area (Å²) in [5.41, 5.74) is 5.46. The van der Waals surface area contributed by atoms with Gasteiger partial charge in [-0.1, -0.05) is 6.92 Å². The van der Waals surface area contributed by atoms with E-state index in [0.29, 0.717) is 51.9 Å². The van der Waals surface area contributed by atoms with Gasteiger partial charge >= 0.3 is 5.97 Å². The Labute approximate surface area is 115 Å². The number of rotatable bonds is 13. The molecule has 0 saturated heterocycles. The zero-order valence-corrected chi connectivity index (χ0v) is 12.1. The molecule has 0 aliphatic carbocycles. The third-order valence-electron chi connectivity index (χ3n) is 2.54. The Kier molecular flexibility index (Phi) is 13.2. The first-order chi connectivity index (χ1) is 9.20. The molecule has 0 aromatic rings. The highest BCUT2D eigenvalue weighted by Crippen LogP contribution is 2.03. The van der Waals surface area contributed by atoms with Gasteiger partial charge in [0.1, 0.15) is 6.61 Å². The summed E-state index contributed by atoms with van der Waals surface area (Å²) in [6.45, 7) is 5.45. The van der Waals surface area contributed by atoms with Crippen LogP contribution in [0.25, 0.3) is 0 Å². The molecular weight excluding hydrogens is 250 g/mol. The number of hydrogen-bond acceptors (Lipinski definition) is 6. The third-order valence-corrected chi connectivity index (χ3v) is 2.54. The second-order valence-corrected chi connectivity index (χ2v) is 4.32. The van der Waals surface area contributed by atoms with E-state index in [2.05, 4.69) is 0 Å². The van der Waals surface area contributed by atoms with Gasteiger partial charge in [-0.2, -0.15) is 0 Å². The minimum Gasteiger partial charge on any atom is -0.463 e. The number of carbonyl (C=O) groups is 1. The van der Waals surface area contributed by atoms with Crippen molar-refractivity contribution in [1.29, 1.82) is 0 Å². The van der Waals surface area contributed by atoms with Crippen molar-refractivity contribution < 1.29 is 23.7 Å². The van der Waals surface area contributed by atoms with Gasteiger partial charge in [-0.25, -0.2) is 0 Å². The molecule has 1 atom stereocenters. The average molecular weight is 277 g/mol. The fourth-order valence-electron chi connectivity index (χ4n) is 1.23. The first-order valence-corrected chi connectivity index (χ1v) is 6.70. The maximum absolute atomic E-state index is 11.3. The van der Waals surface area contributed by atoms with E-state index in [-0.39, 0.29) is 12.6 Å². The Morgan fingerprint density at radius 2 is 1.63 bits per heavy atom. The van der Waals surface area contributed by atoms with E-state index < -0.39 is 0 Å². The van der Waals surface area contributed by atoms with E-state index in [0.717, 1.165) is 6.42 Å². The van der Waals surface area contributed by atoms with Crippen LogP contribution in [-0.4, -0.2) is 59.3 Å². The summed E-state index contributed by atoms with van der Waals surface area (Å²) in [6.07, 6.45) is 1.18. The highest BCUT2D eigenvalue weighted by Gasteiger charge is 2.06. The highest BCUT2D eigenvalue weighted by molar-refractivity contribution is 5.69. The minimum absolute atomic E-state index is 0.194. The van der Waals surface area contributed by atoms with Crippen molar-refractivity contribution in [3.05, 3.63) is 0 Å². The molecule has 6 heteroatoms. The summed E-state index contributed by atoms with van der Waals surface area (Å²) in [4.78, 5) is 11.3. The Hall–Kier alpha value is -0.690. The Balaban J connectivity index is 3.18. The zero-order chi connectivity index (χ0) is 14.3. The van der Waals surface area contributed by atoms with Crippen molar-refractivity contribution in [1.82, 2.24) is 0 Å². The van der Waals surface area contributed by atoms with Crippen LogP contribution in [0.4, 0.5) is 0 Å². The molecule has 0 fully saturated rings. The Bertz CT molecular complexity index is 213. The lowest BCUT2D eigenvalue weighted by molar-refractivity contribution is -0.145. The quantitative estimate of drug-likeness (QED) is 0.392. The predicted molar refractivity (Wildman–Crippen MR) is 71.9 cm³/mol. The maximum Gasteiger partial charge on any atom is 0.305 e. The van der Waals surface area contributed by atoms with Crippen LogP contribution in [0.3, 0.4) is 0 Å². The summed E-state index contributed by atoms with van der Waals surface area (Å²) >= 11 is 0. The minimum atomic E-state index is -0.194. The van der Waals surface area contributed by atoms with E-state index >= 15 is 0 Å². The molecule has 0 bridgehead atoms. The molecule has 0 aromatic carbocycles. The monoisotopic (exact) mass is 277 g/mol. The lowest BCUT2D eigenvalue weighted by Gasteiger charge is -2.09. The first kappa shape index (κ1) is 18.3. The number of hydrogen-bond donors (Lipinski definition) is 1. The molecule has 114 valence electrons. The van der Waals surface area contributed by atoms with Crippen LogP contribution in [0.5, 0.6) is 0 Å². The van der Waals surface area contributed by atoms with Crippen molar-refractivity contribution in [3.63, 3.8) is 0 Å². The second kappa shape index (κ2) is 13.7. The van der Waals surface area contributed by atoms with E-state index in [1.165, 1.54) is 0 Å². The van der Waals surface area contributed by atoms with Crippen LogP contribution in [0.2, 0.25) is 0 Å². The van der Waals surface area contributed by atoms with E-state index in [4.69, 9.17) is 24.7 Å². The molecule has 6 nitrogen and oxygen atoms in total. The predicted octanol–water partition coefficient (Wildman–Crippen LogP) is 0.584. The average Bonchev–Trinajstić information content (AvgIpc) is 2.42. The van der Waals surface area contributed by atoms with Gasteiger partial charge in [-0.15, -0.1) is 0 Å². The van der Waals surface area contributed by atoms with Gasteiger partial charge in [0.15, 0.2) is 0 Å². The molecule has 0 aromatic heterocycles. The molecule has 0 aliphatic rings. The van der Waals surface area contributed by atoms with Crippen LogP contribution in [-0.2, 0) is 23.7 Å². The largest absolute Gasteiger partial charge is 0.463 e. The molecule has 0 amide bonds. The molecular formula is C13H27NO5. The number of ether oxygens (including phenoxy) is 4. The Morgan fingerprint density at radius 1 is 1.05 bits per heavy atom. The molecule has 19 heavy (non-hydrogen) atoms. The number of carbonyl (C=O) groups excluding carboxylic acids is 1. The van der Waals surface area contributed by atoms with E-state index in [1.807, 2.05) is 6.92 Å². The molecule has 0 radical (unpaired) electrons. The maximum atomic E-state index is 11.3. The van der Waals surface area contributed by atoms with Crippen molar-refractivity contribution in [3.8, 4) is 0 Å². The fraction of sp³-hybridized carbons (Fsp3) is 0.923. The van der Waals surface area contributed by atoms with Gasteiger partial charge in [-0.05, 0) is 18.9 Å². The van der Waals surface area contributed by atoms with Gasteiger partial charge in [0.2, 0.25) is 0 Å². The fourth-order valence-corrected chi connectivity index (χ4v) is 1.23. The SMILES string of the molecule is COCCOCCOCCOC(=O)CCC(C)CN. The van der Waals surface area contributed by atoms with Crippen LogP contribution in [0.1, 0.15) is 19.8 Å². The lowest BCUT2D eigenvalue weighted by Crippen LogP contribution is -2.16. The molecule has 0 heterocycles. The van der Waals surface area contributed by atoms with Gasteiger partial charge in [0, 0.05) is 13.5 Å². The zero-order valence-electron chi connectivity index (χ0n) is 12.1. The topological polar surface area (TPSA) is 80.0 Å². The lowest BCUT2D eigenvalue weighted by atomic mass is 10.1. The molecule has 0 spiro atoms. The number of esters is 1. The highest BCUT2D eigenvalue weighted by atomic mass is 16.6. The van der Waals surface area contributed by atoms with Gasteiger partial charge < -0.3 is 24.7 Å². The summed E-state index contributed by atoms with van der Waals surface area (Å²) in [5, 5.41) is 0. The van der Waals surface area contributed by atoms with Crippen molar-refractivity contribution >= 4 is 5.97 Å². The summed E-state index contributed by atoms with van der Waals surface area (Å²) in [7, 11) is 1.63. The summed E-state index contributed by atoms with van der Waals surface area (Å²) in [6, 6.07) is 0. The molecule has 1 unspecified atom stereocenters. The van der Waals surface area contributed by atoms with E-state index in [9.17, 15) is 4.79 Å².